The van der Waals surface area contributed by atoms with Gasteiger partial charge in [0.25, 0.3) is 0 Å². The second kappa shape index (κ2) is 6.50. The Labute approximate surface area is 121 Å². The van der Waals surface area contributed by atoms with Crippen LogP contribution in [0.25, 0.3) is 0 Å². The molecule has 0 aromatic carbocycles. The monoisotopic (exact) mass is 278 g/mol. The number of aliphatic hydroxyl groups is 1. The number of aryl methyl sites for hydroxylation is 1. The number of aromatic nitrogens is 2. The molecule has 1 aromatic rings. The van der Waals surface area contributed by atoms with E-state index in [1.807, 2.05) is 0 Å². The SMILES string of the molecule is CCc1nnc(N2CCC(O)C(C)C2)c(CN)c1CC. The first kappa shape index (κ1) is 15.2. The van der Waals surface area contributed by atoms with Crippen molar-refractivity contribution in [2.24, 2.45) is 11.7 Å². The number of anilines is 1. The minimum atomic E-state index is -0.207. The van der Waals surface area contributed by atoms with E-state index in [0.29, 0.717) is 6.54 Å². The Hall–Kier alpha value is -1.20. The zero-order chi connectivity index (χ0) is 14.7. The van der Waals surface area contributed by atoms with Crippen LogP contribution in [-0.2, 0) is 19.4 Å². The molecule has 1 fully saturated rings. The normalized spacial score (nSPS) is 23.1. The lowest BCUT2D eigenvalue weighted by molar-refractivity contribution is 0.0968. The second-order valence-corrected chi connectivity index (χ2v) is 5.62. The van der Waals surface area contributed by atoms with Gasteiger partial charge in [-0.05, 0) is 30.7 Å². The molecule has 0 radical (unpaired) electrons. The summed E-state index contributed by atoms with van der Waals surface area (Å²) in [6.07, 6.45) is 2.40. The van der Waals surface area contributed by atoms with Gasteiger partial charge < -0.3 is 15.7 Å². The number of nitrogens with zero attached hydrogens (tertiary/aromatic N) is 3. The van der Waals surface area contributed by atoms with E-state index in [4.69, 9.17) is 5.73 Å². The molecule has 1 aromatic heterocycles. The van der Waals surface area contributed by atoms with Crippen LogP contribution in [0.3, 0.4) is 0 Å². The van der Waals surface area contributed by atoms with Crippen LogP contribution in [0, 0.1) is 5.92 Å². The summed E-state index contributed by atoms with van der Waals surface area (Å²) in [6, 6.07) is 0. The molecule has 2 heterocycles. The molecule has 5 heteroatoms. The van der Waals surface area contributed by atoms with Gasteiger partial charge in [-0.3, -0.25) is 0 Å². The van der Waals surface area contributed by atoms with Gasteiger partial charge in [0.2, 0.25) is 0 Å². The summed E-state index contributed by atoms with van der Waals surface area (Å²) in [4.78, 5) is 2.23. The Balaban J connectivity index is 2.36. The predicted molar refractivity (Wildman–Crippen MR) is 80.7 cm³/mol. The lowest BCUT2D eigenvalue weighted by Crippen LogP contribution is -2.43. The molecule has 2 rings (SSSR count). The van der Waals surface area contributed by atoms with E-state index in [1.165, 1.54) is 5.56 Å². The largest absolute Gasteiger partial charge is 0.393 e. The van der Waals surface area contributed by atoms with E-state index < -0.39 is 0 Å². The van der Waals surface area contributed by atoms with Gasteiger partial charge >= 0.3 is 0 Å². The summed E-state index contributed by atoms with van der Waals surface area (Å²) < 4.78 is 0. The number of rotatable bonds is 4. The Morgan fingerprint density at radius 2 is 2.00 bits per heavy atom. The first-order valence-electron chi connectivity index (χ1n) is 7.62. The van der Waals surface area contributed by atoms with Crippen LogP contribution in [0.4, 0.5) is 5.82 Å². The Bertz CT molecular complexity index is 463. The van der Waals surface area contributed by atoms with Crippen molar-refractivity contribution in [2.45, 2.75) is 52.7 Å². The maximum Gasteiger partial charge on any atom is 0.156 e. The third-order valence-corrected chi connectivity index (χ3v) is 4.30. The quantitative estimate of drug-likeness (QED) is 0.867. The highest BCUT2D eigenvalue weighted by molar-refractivity contribution is 5.51. The molecule has 3 N–H and O–H groups in total. The molecule has 20 heavy (non-hydrogen) atoms. The highest BCUT2D eigenvalue weighted by Crippen LogP contribution is 2.27. The number of piperidine rings is 1. The number of nitrogens with two attached hydrogens (primary N) is 1. The summed E-state index contributed by atoms with van der Waals surface area (Å²) in [5.74, 6) is 1.17. The second-order valence-electron chi connectivity index (χ2n) is 5.62. The zero-order valence-electron chi connectivity index (χ0n) is 12.8. The van der Waals surface area contributed by atoms with Crippen LogP contribution in [0.5, 0.6) is 0 Å². The maximum atomic E-state index is 9.86. The molecule has 0 amide bonds. The van der Waals surface area contributed by atoms with Crippen LogP contribution < -0.4 is 10.6 Å². The topological polar surface area (TPSA) is 75.3 Å². The van der Waals surface area contributed by atoms with Crippen LogP contribution in [0.2, 0.25) is 0 Å². The molecular weight excluding hydrogens is 252 g/mol. The summed E-state index contributed by atoms with van der Waals surface area (Å²) >= 11 is 0. The minimum absolute atomic E-state index is 0.207. The van der Waals surface area contributed by atoms with Gasteiger partial charge in [0.05, 0.1) is 11.8 Å². The van der Waals surface area contributed by atoms with Crippen molar-refractivity contribution in [3.8, 4) is 0 Å². The molecule has 0 bridgehead atoms. The van der Waals surface area contributed by atoms with Crippen LogP contribution in [-0.4, -0.2) is 34.5 Å². The number of hydrogen-bond acceptors (Lipinski definition) is 5. The van der Waals surface area contributed by atoms with Gasteiger partial charge in [-0.2, -0.15) is 5.10 Å². The Morgan fingerprint density at radius 3 is 2.55 bits per heavy atom. The lowest BCUT2D eigenvalue weighted by atomic mass is 9.95. The standard InChI is InChI=1S/C15H26N4O/c1-4-11-12(8-16)15(18-17-13(11)5-2)19-7-6-14(20)10(3)9-19/h10,14,20H,4-9,16H2,1-3H3. The molecule has 1 aliphatic heterocycles. The van der Waals surface area contributed by atoms with Gasteiger partial charge in [-0.15, -0.1) is 5.10 Å². The van der Waals surface area contributed by atoms with Crippen molar-refractivity contribution in [1.29, 1.82) is 0 Å². The van der Waals surface area contributed by atoms with Crippen molar-refractivity contribution in [2.75, 3.05) is 18.0 Å². The fourth-order valence-corrected chi connectivity index (χ4v) is 3.03. The third-order valence-electron chi connectivity index (χ3n) is 4.30. The summed E-state index contributed by atoms with van der Waals surface area (Å²) in [7, 11) is 0. The molecule has 2 atom stereocenters. The highest BCUT2D eigenvalue weighted by atomic mass is 16.3. The van der Waals surface area contributed by atoms with Crippen molar-refractivity contribution in [3.63, 3.8) is 0 Å². The Morgan fingerprint density at radius 1 is 1.25 bits per heavy atom. The molecule has 1 aliphatic rings. The fraction of sp³-hybridized carbons (Fsp3) is 0.733. The lowest BCUT2D eigenvalue weighted by Gasteiger charge is -2.36. The Kier molecular flexibility index (Phi) is 4.94. The molecule has 5 nitrogen and oxygen atoms in total. The zero-order valence-corrected chi connectivity index (χ0v) is 12.8. The predicted octanol–water partition coefficient (Wildman–Crippen LogP) is 1.27. The van der Waals surface area contributed by atoms with Gasteiger partial charge in [0, 0.05) is 25.2 Å². The minimum Gasteiger partial charge on any atom is -0.393 e. The summed E-state index contributed by atoms with van der Waals surface area (Å²) in [6.45, 7) is 8.45. The first-order valence-corrected chi connectivity index (χ1v) is 7.62. The van der Waals surface area contributed by atoms with Crippen molar-refractivity contribution >= 4 is 5.82 Å². The fourth-order valence-electron chi connectivity index (χ4n) is 3.03. The molecule has 0 spiro atoms. The number of hydrogen-bond donors (Lipinski definition) is 2. The van der Waals surface area contributed by atoms with E-state index in [2.05, 4.69) is 35.9 Å². The van der Waals surface area contributed by atoms with Gasteiger partial charge in [-0.1, -0.05) is 20.8 Å². The van der Waals surface area contributed by atoms with E-state index in [9.17, 15) is 5.11 Å². The average molecular weight is 278 g/mol. The van der Waals surface area contributed by atoms with E-state index in [1.54, 1.807) is 0 Å². The third kappa shape index (κ3) is 2.79. The first-order chi connectivity index (χ1) is 9.62. The summed E-state index contributed by atoms with van der Waals surface area (Å²) in [5, 5.41) is 18.7. The van der Waals surface area contributed by atoms with Gasteiger partial charge in [-0.25, -0.2) is 0 Å². The molecule has 1 saturated heterocycles. The summed E-state index contributed by atoms with van der Waals surface area (Å²) in [5.41, 5.74) is 9.41. The molecule has 0 saturated carbocycles. The molecular formula is C15H26N4O. The van der Waals surface area contributed by atoms with Gasteiger partial charge in [0.1, 0.15) is 0 Å². The van der Waals surface area contributed by atoms with Crippen LogP contribution in [0.15, 0.2) is 0 Å². The van der Waals surface area contributed by atoms with Crippen molar-refractivity contribution in [1.82, 2.24) is 10.2 Å². The highest BCUT2D eigenvalue weighted by Gasteiger charge is 2.27. The number of aliphatic hydroxyl groups excluding tert-OH is 1. The van der Waals surface area contributed by atoms with Crippen molar-refractivity contribution < 1.29 is 5.11 Å². The average Bonchev–Trinajstić information content (AvgIpc) is 2.48. The smallest absolute Gasteiger partial charge is 0.156 e. The molecule has 2 unspecified atom stereocenters. The van der Waals surface area contributed by atoms with Crippen LogP contribution >= 0.6 is 0 Å². The van der Waals surface area contributed by atoms with Crippen LogP contribution in [0.1, 0.15) is 44.0 Å². The molecule has 0 aliphatic carbocycles. The van der Waals surface area contributed by atoms with E-state index in [-0.39, 0.29) is 12.0 Å². The van der Waals surface area contributed by atoms with Crippen molar-refractivity contribution in [3.05, 3.63) is 16.8 Å². The van der Waals surface area contributed by atoms with Gasteiger partial charge in [0.15, 0.2) is 5.82 Å². The van der Waals surface area contributed by atoms with E-state index in [0.717, 1.165) is 49.4 Å². The van der Waals surface area contributed by atoms with E-state index >= 15 is 0 Å². The maximum absolute atomic E-state index is 9.86. The molecule has 112 valence electrons.